The number of nitrogens with one attached hydrogen (secondary N) is 2. The van der Waals surface area contributed by atoms with Crippen LogP contribution < -0.4 is 16.8 Å². The Labute approximate surface area is 299 Å². The number of ether oxygens (including phenoxy) is 1. The molecule has 48 heavy (non-hydrogen) atoms. The number of carbonyl (C=O) groups excluding carboxylic acids is 3. The van der Waals surface area contributed by atoms with Gasteiger partial charge in [-0.15, -0.1) is 24.0 Å². The number of likely N-dealkylation sites (tertiary alicyclic amines) is 1. The number of amides is 2. The van der Waals surface area contributed by atoms with Gasteiger partial charge in [-0.1, -0.05) is 68.4 Å². The van der Waals surface area contributed by atoms with Crippen LogP contribution in [0.15, 0.2) is 71.6 Å². The van der Waals surface area contributed by atoms with Crippen LogP contribution in [0, 0.1) is 11.3 Å². The Morgan fingerprint density at radius 3 is 2.23 bits per heavy atom. The number of sulfone groups is 1. The maximum atomic E-state index is 14.2. The van der Waals surface area contributed by atoms with Gasteiger partial charge in [0, 0.05) is 18.5 Å². The molecule has 0 aliphatic carbocycles. The van der Waals surface area contributed by atoms with E-state index in [4.69, 9.17) is 21.6 Å². The summed E-state index contributed by atoms with van der Waals surface area (Å²) in [6.07, 6.45) is 0.688. The number of hydrogen-bond acceptors (Lipinski definition) is 8. The quantitative estimate of drug-likeness (QED) is 0.0960. The summed E-state index contributed by atoms with van der Waals surface area (Å²) in [6.45, 7) is 9.01. The molecule has 1 saturated heterocycles. The van der Waals surface area contributed by atoms with Crippen LogP contribution in [0.3, 0.4) is 0 Å². The predicted octanol–water partition coefficient (Wildman–Crippen LogP) is 4.28. The fraction of sp³-hybridized carbons (Fsp3) is 0.429. The van der Waals surface area contributed by atoms with Crippen molar-refractivity contribution in [2.75, 3.05) is 6.54 Å². The highest BCUT2D eigenvalue weighted by Gasteiger charge is 2.50. The van der Waals surface area contributed by atoms with Crippen molar-refractivity contribution in [3.8, 4) is 0 Å². The van der Waals surface area contributed by atoms with Crippen LogP contribution in [0.4, 0.5) is 0 Å². The third-order valence-corrected chi connectivity index (χ3v) is 10.3. The molecular formula is C35H46IN5O6S. The molecular weight excluding hydrogens is 745 g/mol. The lowest BCUT2D eigenvalue weighted by atomic mass is 10.00. The van der Waals surface area contributed by atoms with Gasteiger partial charge in [0.15, 0.2) is 0 Å². The Kier molecular flexibility index (Phi) is 12.4. The Bertz CT molecular complexity index is 1770. The zero-order valence-electron chi connectivity index (χ0n) is 28.0. The number of amidine groups is 1. The van der Waals surface area contributed by atoms with Crippen LogP contribution in [0.25, 0.3) is 10.8 Å². The molecule has 0 bridgehead atoms. The Balaban J connectivity index is 0.00000625. The molecule has 4 rings (SSSR count). The highest BCUT2D eigenvalue weighted by molar-refractivity contribution is 14.0. The lowest BCUT2D eigenvalue weighted by Gasteiger charge is -2.34. The Morgan fingerprint density at radius 2 is 1.65 bits per heavy atom. The van der Waals surface area contributed by atoms with Gasteiger partial charge < -0.3 is 26.4 Å². The van der Waals surface area contributed by atoms with E-state index >= 15 is 0 Å². The molecule has 2 amide bonds. The summed E-state index contributed by atoms with van der Waals surface area (Å²) >= 11 is 0. The zero-order valence-corrected chi connectivity index (χ0v) is 31.1. The molecule has 1 aliphatic rings. The van der Waals surface area contributed by atoms with Crippen LogP contribution >= 0.6 is 24.0 Å². The van der Waals surface area contributed by atoms with Gasteiger partial charge in [-0.3, -0.25) is 15.0 Å². The second-order valence-electron chi connectivity index (χ2n) is 13.6. The van der Waals surface area contributed by atoms with E-state index < -0.39 is 50.2 Å². The summed E-state index contributed by atoms with van der Waals surface area (Å²) in [5.41, 5.74) is 12.6. The molecule has 1 fully saturated rings. The fourth-order valence-electron chi connectivity index (χ4n) is 5.86. The average molecular weight is 792 g/mol. The lowest BCUT2D eigenvalue weighted by molar-refractivity contribution is -0.163. The molecule has 13 heteroatoms. The highest BCUT2D eigenvalue weighted by Crippen LogP contribution is 2.31. The number of hydrogen-bond donors (Lipinski definition) is 4. The molecule has 0 radical (unpaired) electrons. The van der Waals surface area contributed by atoms with Gasteiger partial charge in [0.2, 0.25) is 20.6 Å². The first kappa shape index (κ1) is 38.9. The molecule has 1 aliphatic heterocycles. The smallest absolute Gasteiger partial charge is 0.329 e. The number of carbonyl (C=O) groups is 3. The van der Waals surface area contributed by atoms with Gasteiger partial charge in [0.05, 0.1) is 4.90 Å². The predicted molar refractivity (Wildman–Crippen MR) is 197 cm³/mol. The molecule has 1 heterocycles. The number of nitrogens with zero attached hydrogens (tertiary/aromatic N) is 1. The number of rotatable bonds is 11. The molecule has 0 aromatic heterocycles. The van der Waals surface area contributed by atoms with Crippen LogP contribution in [0.5, 0.6) is 0 Å². The molecule has 260 valence electrons. The van der Waals surface area contributed by atoms with E-state index in [1.807, 2.05) is 12.1 Å². The van der Waals surface area contributed by atoms with E-state index in [9.17, 15) is 22.8 Å². The highest BCUT2D eigenvalue weighted by atomic mass is 127. The van der Waals surface area contributed by atoms with E-state index in [0.29, 0.717) is 29.4 Å². The second kappa shape index (κ2) is 15.3. The van der Waals surface area contributed by atoms with Gasteiger partial charge in [-0.25, -0.2) is 13.2 Å². The fourth-order valence-corrected chi connectivity index (χ4v) is 7.66. The summed E-state index contributed by atoms with van der Waals surface area (Å²) in [4.78, 5) is 40.4. The van der Waals surface area contributed by atoms with Crippen LogP contribution in [-0.4, -0.2) is 66.0 Å². The summed E-state index contributed by atoms with van der Waals surface area (Å²) in [7, 11) is -4.48. The maximum Gasteiger partial charge on any atom is 0.329 e. The first-order chi connectivity index (χ1) is 21.9. The number of nitrogen functional groups attached to an aromatic ring is 1. The molecule has 6 N–H and O–H groups in total. The number of halogens is 1. The summed E-state index contributed by atoms with van der Waals surface area (Å²) in [6, 6.07) is 16.3. The third-order valence-electron chi connectivity index (χ3n) is 8.13. The SMILES string of the molecule is CC(C)C[C@](N)(C(=O)N[C@@H](Cc1ccc(C(=N)N)cc1)C(=O)N1CCC[C@H]1C(=O)OC(C)(C)C)S(=O)(=O)c1ccc2ccccc2c1.I. The van der Waals surface area contributed by atoms with Crippen molar-refractivity contribution in [2.45, 2.75) is 87.8 Å². The molecule has 0 saturated carbocycles. The molecule has 11 nitrogen and oxygen atoms in total. The van der Waals surface area contributed by atoms with Crippen LogP contribution in [-0.2, 0) is 35.4 Å². The molecule has 3 aromatic rings. The minimum absolute atomic E-state index is 0. The first-order valence-electron chi connectivity index (χ1n) is 15.7. The van der Waals surface area contributed by atoms with Crippen molar-refractivity contribution in [3.05, 3.63) is 77.9 Å². The molecule has 0 spiro atoms. The van der Waals surface area contributed by atoms with Crippen molar-refractivity contribution in [1.82, 2.24) is 10.2 Å². The second-order valence-corrected chi connectivity index (χ2v) is 15.8. The van der Waals surface area contributed by atoms with E-state index in [1.165, 1.54) is 17.0 Å². The van der Waals surface area contributed by atoms with E-state index in [2.05, 4.69) is 5.32 Å². The van der Waals surface area contributed by atoms with Gasteiger partial charge in [-0.2, -0.15) is 0 Å². The topological polar surface area (TPSA) is 186 Å². The first-order valence-corrected chi connectivity index (χ1v) is 17.2. The number of benzene rings is 3. The zero-order chi connectivity index (χ0) is 34.7. The standard InChI is InChI=1S/C35H45N5O6S.HI/c1-22(2)21-35(38,47(44,45)27-17-16-24-9-6-7-10-26(24)20-27)33(43)39-28(19-23-12-14-25(15-13-23)30(36)37)31(41)40-18-8-11-29(40)32(42)46-34(3,4)5;/h6-7,9-10,12-17,20,22,28-29H,8,11,18-19,21,38H2,1-5H3,(H3,36,37)(H,39,43);1H/t28-,29-,35+;/m0./s1. The van der Waals surface area contributed by atoms with Crippen molar-refractivity contribution < 1.29 is 27.5 Å². The molecule has 3 atom stereocenters. The normalized spacial score (nSPS) is 16.9. The van der Waals surface area contributed by atoms with Crippen molar-refractivity contribution in [2.24, 2.45) is 17.4 Å². The summed E-state index contributed by atoms with van der Waals surface area (Å²) in [5, 5.41) is 11.9. The summed E-state index contributed by atoms with van der Waals surface area (Å²) in [5.74, 6) is -2.56. The van der Waals surface area contributed by atoms with E-state index in [-0.39, 0.29) is 60.0 Å². The maximum absolute atomic E-state index is 14.2. The number of fused-ring (bicyclic) bond motifs is 1. The number of nitrogens with two attached hydrogens (primary N) is 2. The van der Waals surface area contributed by atoms with Crippen molar-refractivity contribution in [3.63, 3.8) is 0 Å². The Morgan fingerprint density at radius 1 is 1.02 bits per heavy atom. The van der Waals surface area contributed by atoms with E-state index in [1.54, 1.807) is 77.1 Å². The van der Waals surface area contributed by atoms with Crippen molar-refractivity contribution >= 4 is 68.2 Å². The van der Waals surface area contributed by atoms with Crippen LogP contribution in [0.1, 0.15) is 65.0 Å². The minimum atomic E-state index is -4.48. The minimum Gasteiger partial charge on any atom is -0.458 e. The molecule has 3 aromatic carbocycles. The monoisotopic (exact) mass is 791 g/mol. The van der Waals surface area contributed by atoms with Gasteiger partial charge in [-0.05, 0) is 74.4 Å². The van der Waals surface area contributed by atoms with Gasteiger partial charge >= 0.3 is 5.97 Å². The third kappa shape index (κ3) is 8.72. The molecule has 0 unspecified atom stereocenters. The largest absolute Gasteiger partial charge is 0.458 e. The lowest BCUT2D eigenvalue weighted by Crippen LogP contribution is -2.63. The van der Waals surface area contributed by atoms with Crippen LogP contribution in [0.2, 0.25) is 0 Å². The number of esters is 1. The van der Waals surface area contributed by atoms with Crippen molar-refractivity contribution in [1.29, 1.82) is 5.41 Å². The van der Waals surface area contributed by atoms with E-state index in [0.717, 1.165) is 5.39 Å². The Hall–Kier alpha value is -3.56. The van der Waals surface area contributed by atoms with Gasteiger partial charge in [0.25, 0.3) is 5.91 Å². The average Bonchev–Trinajstić information content (AvgIpc) is 3.49. The summed E-state index contributed by atoms with van der Waals surface area (Å²) < 4.78 is 34.1. The van der Waals surface area contributed by atoms with Gasteiger partial charge in [0.1, 0.15) is 23.5 Å².